The predicted octanol–water partition coefficient (Wildman–Crippen LogP) is 0.190. The summed E-state index contributed by atoms with van der Waals surface area (Å²) < 4.78 is 2.01. The van der Waals surface area contributed by atoms with Gasteiger partial charge in [0, 0.05) is 25.2 Å². The van der Waals surface area contributed by atoms with E-state index >= 15 is 0 Å². The van der Waals surface area contributed by atoms with Gasteiger partial charge in [-0.05, 0) is 37.1 Å². The molecule has 1 aliphatic carbocycles. The molecule has 2 unspecified atom stereocenters. The van der Waals surface area contributed by atoms with Gasteiger partial charge in [0.05, 0.1) is 12.6 Å². The molecule has 0 radical (unpaired) electrons. The molecule has 1 aromatic heterocycles. The van der Waals surface area contributed by atoms with Gasteiger partial charge < -0.3 is 5.32 Å². The van der Waals surface area contributed by atoms with Crippen LogP contribution in [0.3, 0.4) is 0 Å². The molecule has 2 fully saturated rings. The molecule has 2 atom stereocenters. The fourth-order valence-electron chi connectivity index (χ4n) is 2.69. The summed E-state index contributed by atoms with van der Waals surface area (Å²) >= 11 is 0. The Hall–Kier alpha value is -1.01. The van der Waals surface area contributed by atoms with Gasteiger partial charge in [0.25, 0.3) is 0 Å². The number of rotatable bonds is 3. The Labute approximate surface area is 101 Å². The average Bonchev–Trinajstić information content (AvgIpc) is 2.99. The van der Waals surface area contributed by atoms with Crippen LogP contribution in [0.4, 0.5) is 0 Å². The summed E-state index contributed by atoms with van der Waals surface area (Å²) in [5.74, 6) is 1.02. The maximum atomic E-state index is 4.16. The number of tetrazole rings is 1. The molecule has 0 bridgehead atoms. The van der Waals surface area contributed by atoms with Gasteiger partial charge in [0.2, 0.25) is 0 Å². The van der Waals surface area contributed by atoms with Gasteiger partial charge in [0.1, 0.15) is 0 Å². The van der Waals surface area contributed by atoms with E-state index in [0.29, 0.717) is 18.1 Å². The molecule has 3 rings (SSSR count). The first kappa shape index (κ1) is 11.1. The van der Waals surface area contributed by atoms with Crippen LogP contribution in [0.25, 0.3) is 0 Å². The molecule has 1 N–H and O–H groups in total. The van der Waals surface area contributed by atoms with E-state index in [2.05, 4.69) is 39.6 Å². The smallest absolute Gasteiger partial charge is 0.165 e. The zero-order chi connectivity index (χ0) is 11.8. The fraction of sp³-hybridized carbons (Fsp3) is 0.909. The van der Waals surface area contributed by atoms with Crippen molar-refractivity contribution in [3.63, 3.8) is 0 Å². The molecule has 1 aliphatic heterocycles. The topological polar surface area (TPSA) is 58.9 Å². The average molecular weight is 236 g/mol. The lowest BCUT2D eigenvalue weighted by Gasteiger charge is -2.35. The molecule has 6 nitrogen and oxygen atoms in total. The lowest BCUT2D eigenvalue weighted by atomic mass is 10.1. The van der Waals surface area contributed by atoms with Gasteiger partial charge in [-0.2, -0.15) is 0 Å². The highest BCUT2D eigenvalue weighted by Gasteiger charge is 2.29. The molecular weight excluding hydrogens is 216 g/mol. The maximum Gasteiger partial charge on any atom is 0.165 e. The number of hydrogen-bond acceptors (Lipinski definition) is 5. The van der Waals surface area contributed by atoms with Crippen LogP contribution in [0.15, 0.2) is 0 Å². The number of nitrogens with one attached hydrogen (secondary N) is 1. The molecule has 0 aromatic carbocycles. The molecule has 1 saturated carbocycles. The van der Waals surface area contributed by atoms with Crippen molar-refractivity contribution in [3.8, 4) is 0 Å². The molecule has 1 aromatic rings. The second-order valence-electron chi connectivity index (χ2n) is 5.43. The minimum Gasteiger partial charge on any atom is -0.309 e. The third-order valence-corrected chi connectivity index (χ3v) is 3.45. The second-order valence-corrected chi connectivity index (χ2v) is 5.43. The number of hydrogen-bond donors (Lipinski definition) is 1. The van der Waals surface area contributed by atoms with Crippen LogP contribution in [0, 0.1) is 0 Å². The molecule has 2 aliphatic rings. The molecular formula is C11H20N6. The summed E-state index contributed by atoms with van der Waals surface area (Å²) in [6, 6.07) is 1.66. The first-order chi connectivity index (χ1) is 8.22. The van der Waals surface area contributed by atoms with Gasteiger partial charge >= 0.3 is 0 Å². The first-order valence-electron chi connectivity index (χ1n) is 6.47. The van der Waals surface area contributed by atoms with Crippen molar-refractivity contribution in [2.75, 3.05) is 13.1 Å². The fourth-order valence-corrected chi connectivity index (χ4v) is 2.69. The number of piperazine rings is 1. The summed E-state index contributed by atoms with van der Waals surface area (Å²) in [6.45, 7) is 7.47. The normalized spacial score (nSPS) is 30.7. The Morgan fingerprint density at radius 2 is 1.94 bits per heavy atom. The van der Waals surface area contributed by atoms with Crippen LogP contribution in [0.1, 0.15) is 38.6 Å². The van der Waals surface area contributed by atoms with Crippen molar-refractivity contribution < 1.29 is 0 Å². The monoisotopic (exact) mass is 236 g/mol. The van der Waals surface area contributed by atoms with Gasteiger partial charge in [-0.15, -0.1) is 5.10 Å². The van der Waals surface area contributed by atoms with E-state index < -0.39 is 0 Å². The van der Waals surface area contributed by atoms with Gasteiger partial charge in [-0.3, -0.25) is 4.90 Å². The Morgan fingerprint density at radius 1 is 1.24 bits per heavy atom. The minimum absolute atomic E-state index is 0.545. The Kier molecular flexibility index (Phi) is 2.84. The third-order valence-electron chi connectivity index (χ3n) is 3.45. The summed E-state index contributed by atoms with van der Waals surface area (Å²) in [4.78, 5) is 2.44. The second kappa shape index (κ2) is 4.34. The SMILES string of the molecule is CC1CN(Cc2nnnn2C2CC2)CC(C)N1. The quantitative estimate of drug-likeness (QED) is 0.812. The Morgan fingerprint density at radius 3 is 2.59 bits per heavy atom. The van der Waals surface area contributed by atoms with Crippen LogP contribution in [-0.2, 0) is 6.54 Å². The molecule has 6 heteroatoms. The lowest BCUT2D eigenvalue weighted by Crippen LogP contribution is -2.53. The van der Waals surface area contributed by atoms with Crippen molar-refractivity contribution in [2.24, 2.45) is 0 Å². The van der Waals surface area contributed by atoms with Crippen LogP contribution in [-0.4, -0.2) is 50.3 Å². The van der Waals surface area contributed by atoms with Crippen molar-refractivity contribution in [3.05, 3.63) is 5.82 Å². The Balaban J connectivity index is 1.67. The van der Waals surface area contributed by atoms with Crippen LogP contribution in [0.2, 0.25) is 0 Å². The number of nitrogens with zero attached hydrogens (tertiary/aromatic N) is 5. The van der Waals surface area contributed by atoms with E-state index in [9.17, 15) is 0 Å². The molecule has 0 spiro atoms. The zero-order valence-corrected chi connectivity index (χ0v) is 10.5. The minimum atomic E-state index is 0.545. The zero-order valence-electron chi connectivity index (χ0n) is 10.5. The van der Waals surface area contributed by atoms with E-state index in [-0.39, 0.29) is 0 Å². The summed E-state index contributed by atoms with van der Waals surface area (Å²) in [5, 5.41) is 15.6. The summed E-state index contributed by atoms with van der Waals surface area (Å²) in [5.41, 5.74) is 0. The van der Waals surface area contributed by atoms with E-state index in [1.807, 2.05) is 4.68 Å². The molecule has 0 amide bonds. The predicted molar refractivity (Wildman–Crippen MR) is 63.4 cm³/mol. The van der Waals surface area contributed by atoms with Crippen LogP contribution < -0.4 is 5.32 Å². The van der Waals surface area contributed by atoms with E-state index in [1.54, 1.807) is 0 Å². The maximum absolute atomic E-state index is 4.16. The van der Waals surface area contributed by atoms with E-state index in [1.165, 1.54) is 12.8 Å². The van der Waals surface area contributed by atoms with Gasteiger partial charge in [-0.1, -0.05) is 0 Å². The highest BCUT2D eigenvalue weighted by Crippen LogP contribution is 2.34. The van der Waals surface area contributed by atoms with Gasteiger partial charge in [0.15, 0.2) is 5.82 Å². The van der Waals surface area contributed by atoms with E-state index in [0.717, 1.165) is 25.5 Å². The third kappa shape index (κ3) is 2.47. The summed E-state index contributed by atoms with van der Waals surface area (Å²) in [7, 11) is 0. The number of aromatic nitrogens is 4. The molecule has 17 heavy (non-hydrogen) atoms. The lowest BCUT2D eigenvalue weighted by molar-refractivity contribution is 0.161. The Bertz CT molecular complexity index is 375. The van der Waals surface area contributed by atoms with Crippen molar-refractivity contribution in [2.45, 2.75) is 51.4 Å². The summed E-state index contributed by atoms with van der Waals surface area (Å²) in [6.07, 6.45) is 2.46. The van der Waals surface area contributed by atoms with Crippen molar-refractivity contribution in [1.82, 2.24) is 30.4 Å². The highest BCUT2D eigenvalue weighted by atomic mass is 15.6. The molecule has 1 saturated heterocycles. The molecule has 2 heterocycles. The van der Waals surface area contributed by atoms with Gasteiger partial charge in [-0.25, -0.2) is 4.68 Å². The molecule has 94 valence electrons. The van der Waals surface area contributed by atoms with E-state index in [4.69, 9.17) is 0 Å². The van der Waals surface area contributed by atoms with Crippen LogP contribution in [0.5, 0.6) is 0 Å². The first-order valence-corrected chi connectivity index (χ1v) is 6.47. The van der Waals surface area contributed by atoms with Crippen LogP contribution >= 0.6 is 0 Å². The van der Waals surface area contributed by atoms with Crippen molar-refractivity contribution >= 4 is 0 Å². The largest absolute Gasteiger partial charge is 0.309 e. The van der Waals surface area contributed by atoms with Crippen molar-refractivity contribution in [1.29, 1.82) is 0 Å². The highest BCUT2D eigenvalue weighted by molar-refractivity contribution is 4.92. The standard InChI is InChI=1S/C11H20N6/c1-8-5-16(6-9(2)12-8)7-11-13-14-15-17(11)10-3-4-10/h8-10,12H,3-7H2,1-2H3.